The Morgan fingerprint density at radius 3 is 2.51 bits per heavy atom. The maximum absolute atomic E-state index is 13.7. The van der Waals surface area contributed by atoms with Gasteiger partial charge in [0.25, 0.3) is 0 Å². The molecule has 0 spiro atoms. The normalized spacial score (nSPS) is 11.4. The molecule has 5 nitrogen and oxygen atoms in total. The molecular weight excluding hydrogens is 528 g/mol. The molecule has 0 amide bonds. The molecule has 4 aromatic rings. The van der Waals surface area contributed by atoms with Gasteiger partial charge >= 0.3 is 12.1 Å². The third-order valence-electron chi connectivity index (χ3n) is 5.51. The Kier molecular flexibility index (Phi) is 7.80. The van der Waals surface area contributed by atoms with E-state index in [0.717, 1.165) is 12.1 Å². The van der Waals surface area contributed by atoms with E-state index in [4.69, 9.17) is 32.7 Å². The van der Waals surface area contributed by atoms with Crippen LogP contribution in [0.25, 0.3) is 17.1 Å². The minimum atomic E-state index is -4.57. The Morgan fingerprint density at radius 1 is 1.03 bits per heavy atom. The summed E-state index contributed by atoms with van der Waals surface area (Å²) >= 11 is 12.2. The van der Waals surface area contributed by atoms with Crippen molar-refractivity contribution >= 4 is 29.2 Å². The van der Waals surface area contributed by atoms with Gasteiger partial charge in [0.15, 0.2) is 5.69 Å². The summed E-state index contributed by atoms with van der Waals surface area (Å²) < 4.78 is 53.6. The van der Waals surface area contributed by atoms with Gasteiger partial charge in [0, 0.05) is 26.9 Å². The van der Waals surface area contributed by atoms with E-state index in [1.807, 2.05) is 0 Å². The lowest BCUT2D eigenvalue weighted by molar-refractivity contribution is -0.137. The molecule has 37 heavy (non-hydrogen) atoms. The van der Waals surface area contributed by atoms with Crippen LogP contribution in [0.15, 0.2) is 66.7 Å². The largest absolute Gasteiger partial charge is 0.488 e. The van der Waals surface area contributed by atoms with Gasteiger partial charge in [0.2, 0.25) is 0 Å². The molecule has 192 valence electrons. The number of esters is 1. The Morgan fingerprint density at radius 2 is 1.81 bits per heavy atom. The van der Waals surface area contributed by atoms with Crippen LogP contribution in [0, 0.1) is 6.92 Å². The molecule has 0 N–H and O–H groups in total. The minimum absolute atomic E-state index is 0.00461. The van der Waals surface area contributed by atoms with E-state index in [-0.39, 0.29) is 30.2 Å². The summed E-state index contributed by atoms with van der Waals surface area (Å²) in [5, 5.41) is 0.829. The second kappa shape index (κ2) is 10.9. The van der Waals surface area contributed by atoms with Gasteiger partial charge in [-0.2, -0.15) is 13.2 Å². The number of hydrogen-bond acceptors (Lipinski definition) is 4. The number of nitrogens with zero attached hydrogens (tertiary/aromatic N) is 2. The average Bonchev–Trinajstić information content (AvgIpc) is 3.24. The Balaban J connectivity index is 1.81. The van der Waals surface area contributed by atoms with Gasteiger partial charge in [0.05, 0.1) is 17.9 Å². The third kappa shape index (κ3) is 5.92. The van der Waals surface area contributed by atoms with Crippen LogP contribution in [0.4, 0.5) is 13.2 Å². The summed E-state index contributed by atoms with van der Waals surface area (Å²) in [6.07, 6.45) is -4.57. The molecule has 0 fully saturated rings. The molecule has 0 radical (unpaired) electrons. The molecule has 0 saturated heterocycles. The first-order valence-corrected chi connectivity index (χ1v) is 12.0. The lowest BCUT2D eigenvalue weighted by Crippen LogP contribution is -2.11. The van der Waals surface area contributed by atoms with Gasteiger partial charge in [-0.1, -0.05) is 35.3 Å². The van der Waals surface area contributed by atoms with Crippen molar-refractivity contribution < 1.29 is 27.4 Å². The molecule has 0 aliphatic carbocycles. The number of halogens is 5. The van der Waals surface area contributed by atoms with Crippen molar-refractivity contribution in [1.82, 2.24) is 9.55 Å². The van der Waals surface area contributed by atoms with Gasteiger partial charge in [-0.3, -0.25) is 4.57 Å². The maximum Gasteiger partial charge on any atom is 0.416 e. The van der Waals surface area contributed by atoms with Crippen molar-refractivity contribution in [2.45, 2.75) is 26.6 Å². The number of aryl methyl sites for hydroxylation is 1. The highest BCUT2D eigenvalue weighted by Crippen LogP contribution is 2.39. The van der Waals surface area contributed by atoms with Gasteiger partial charge in [-0.15, -0.1) is 0 Å². The van der Waals surface area contributed by atoms with Crippen molar-refractivity contribution in [2.24, 2.45) is 0 Å². The number of ether oxygens (including phenoxy) is 2. The van der Waals surface area contributed by atoms with Crippen molar-refractivity contribution in [2.75, 3.05) is 6.61 Å². The van der Waals surface area contributed by atoms with E-state index in [0.29, 0.717) is 32.8 Å². The van der Waals surface area contributed by atoms with Gasteiger partial charge in [0.1, 0.15) is 18.2 Å². The lowest BCUT2D eigenvalue weighted by atomic mass is 10.1. The van der Waals surface area contributed by atoms with Crippen LogP contribution in [0.5, 0.6) is 5.75 Å². The fourth-order valence-corrected chi connectivity index (χ4v) is 4.21. The summed E-state index contributed by atoms with van der Waals surface area (Å²) in [6.45, 7) is 3.65. The molecule has 2 heterocycles. The summed E-state index contributed by atoms with van der Waals surface area (Å²) in [6, 6.07) is 16.4. The van der Waals surface area contributed by atoms with Crippen LogP contribution in [-0.4, -0.2) is 22.1 Å². The Hall–Kier alpha value is -3.49. The number of rotatable bonds is 7. The average molecular weight is 549 g/mol. The number of hydrogen-bond donors (Lipinski definition) is 0. The van der Waals surface area contributed by atoms with Crippen LogP contribution >= 0.6 is 23.2 Å². The van der Waals surface area contributed by atoms with Crippen LogP contribution in [-0.2, 0) is 17.5 Å². The predicted molar refractivity (Wildman–Crippen MR) is 135 cm³/mol. The molecule has 0 aliphatic rings. The zero-order valence-electron chi connectivity index (χ0n) is 19.8. The second-order valence-corrected chi connectivity index (χ2v) is 8.87. The number of pyridine rings is 1. The molecule has 0 atom stereocenters. The van der Waals surface area contributed by atoms with Crippen molar-refractivity contribution in [3.8, 4) is 22.8 Å². The number of benzene rings is 2. The smallest absolute Gasteiger partial charge is 0.416 e. The number of aromatic nitrogens is 2. The first-order valence-electron chi connectivity index (χ1n) is 11.2. The summed E-state index contributed by atoms with van der Waals surface area (Å²) in [7, 11) is 0. The standard InChI is InChI=1S/C27H21Cl2F3N2O3/c1-3-36-26(35)22-5-4-6-25(33-22)34-16(2)7-11-23(34)20-13-18(27(30,31)32)9-12-24(20)37-15-17-8-10-19(28)14-21(17)29/h4-14H,3,15H2,1-2H3. The van der Waals surface area contributed by atoms with E-state index >= 15 is 0 Å². The summed E-state index contributed by atoms with van der Waals surface area (Å²) in [5.41, 5.74) is 1.14. The fraction of sp³-hybridized carbons (Fsp3) is 0.185. The van der Waals surface area contributed by atoms with Crippen LogP contribution < -0.4 is 4.74 Å². The summed E-state index contributed by atoms with van der Waals surface area (Å²) in [5.74, 6) is -0.0503. The fourth-order valence-electron chi connectivity index (χ4n) is 3.75. The first-order chi connectivity index (χ1) is 17.6. The third-order valence-corrected chi connectivity index (χ3v) is 6.09. The molecule has 0 saturated carbocycles. The zero-order chi connectivity index (χ0) is 26.7. The van der Waals surface area contributed by atoms with E-state index in [2.05, 4.69) is 4.98 Å². The lowest BCUT2D eigenvalue weighted by Gasteiger charge is -2.18. The molecule has 0 bridgehead atoms. The van der Waals surface area contributed by atoms with Crippen LogP contribution in [0.2, 0.25) is 10.0 Å². The van der Waals surface area contributed by atoms with E-state index < -0.39 is 17.7 Å². The monoisotopic (exact) mass is 548 g/mol. The van der Waals surface area contributed by atoms with E-state index in [1.54, 1.807) is 60.9 Å². The number of carbonyl (C=O) groups is 1. The topological polar surface area (TPSA) is 53.4 Å². The van der Waals surface area contributed by atoms with E-state index in [1.165, 1.54) is 12.1 Å². The van der Waals surface area contributed by atoms with Gasteiger partial charge in [-0.05, 0) is 68.4 Å². The predicted octanol–water partition coefficient (Wildman–Crippen LogP) is 7.93. The first kappa shape index (κ1) is 26.6. The second-order valence-electron chi connectivity index (χ2n) is 8.03. The number of carbonyl (C=O) groups excluding carboxylic acids is 1. The van der Waals surface area contributed by atoms with Crippen molar-refractivity contribution in [3.05, 3.63) is 99.3 Å². The van der Waals surface area contributed by atoms with Crippen molar-refractivity contribution in [1.29, 1.82) is 0 Å². The quantitative estimate of drug-likeness (QED) is 0.220. The van der Waals surface area contributed by atoms with Crippen LogP contribution in [0.1, 0.15) is 34.2 Å². The van der Waals surface area contributed by atoms with Gasteiger partial charge < -0.3 is 9.47 Å². The highest BCUT2D eigenvalue weighted by molar-refractivity contribution is 6.35. The van der Waals surface area contributed by atoms with Crippen molar-refractivity contribution in [3.63, 3.8) is 0 Å². The zero-order valence-corrected chi connectivity index (χ0v) is 21.3. The summed E-state index contributed by atoms with van der Waals surface area (Å²) in [4.78, 5) is 16.6. The number of alkyl halides is 3. The Labute approximate surface area is 221 Å². The molecular formula is C27H21Cl2F3N2O3. The molecule has 4 rings (SSSR count). The maximum atomic E-state index is 13.7. The van der Waals surface area contributed by atoms with Crippen LogP contribution in [0.3, 0.4) is 0 Å². The molecule has 2 aromatic carbocycles. The molecule has 0 unspecified atom stereocenters. The Bertz CT molecular complexity index is 1450. The highest BCUT2D eigenvalue weighted by Gasteiger charge is 2.32. The van der Waals surface area contributed by atoms with E-state index in [9.17, 15) is 18.0 Å². The minimum Gasteiger partial charge on any atom is -0.488 e. The SMILES string of the molecule is CCOC(=O)c1cccc(-n2c(C)ccc2-c2cc(C(F)(F)F)ccc2OCc2ccc(Cl)cc2Cl)n1. The molecule has 2 aromatic heterocycles. The molecule has 0 aliphatic heterocycles. The highest BCUT2D eigenvalue weighted by atomic mass is 35.5. The molecule has 10 heteroatoms. The van der Waals surface area contributed by atoms with Gasteiger partial charge in [-0.25, -0.2) is 9.78 Å².